The van der Waals surface area contributed by atoms with Crippen LogP contribution in [-0.2, 0) is 16.0 Å². The zero-order valence-corrected chi connectivity index (χ0v) is 16.2. The normalized spacial score (nSPS) is 19.4. The van der Waals surface area contributed by atoms with Crippen LogP contribution in [0, 0.1) is 5.92 Å². The number of carboxylic acids is 1. The maximum Gasteiger partial charge on any atom is 0.306 e. The van der Waals surface area contributed by atoms with Crippen LogP contribution in [0.15, 0.2) is 48.5 Å². The van der Waals surface area contributed by atoms with E-state index in [0.29, 0.717) is 12.8 Å². The summed E-state index contributed by atoms with van der Waals surface area (Å²) in [6, 6.07) is 16.5. The van der Waals surface area contributed by atoms with Crippen molar-refractivity contribution in [2.24, 2.45) is 5.92 Å². The summed E-state index contributed by atoms with van der Waals surface area (Å²) in [6.45, 7) is 0. The van der Waals surface area contributed by atoms with Crippen LogP contribution in [0.2, 0.25) is 0 Å². The minimum atomic E-state index is -0.728. The molecule has 144 valence electrons. The molecule has 1 aliphatic rings. The van der Waals surface area contributed by atoms with E-state index in [0.717, 1.165) is 39.2 Å². The lowest BCUT2D eigenvalue weighted by Gasteiger charge is -2.26. The summed E-state index contributed by atoms with van der Waals surface area (Å²) in [6.07, 6.45) is 2.97. The van der Waals surface area contributed by atoms with Gasteiger partial charge in [-0.25, -0.2) is 4.98 Å². The molecule has 6 heteroatoms. The maximum atomic E-state index is 12.4. The van der Waals surface area contributed by atoms with Crippen molar-refractivity contribution < 1.29 is 14.7 Å². The third-order valence-electron chi connectivity index (χ3n) is 5.29. The van der Waals surface area contributed by atoms with Gasteiger partial charge in [0.25, 0.3) is 0 Å². The molecule has 1 fully saturated rings. The Morgan fingerprint density at radius 3 is 2.50 bits per heavy atom. The number of nitrogens with zero attached hydrogens (tertiary/aromatic N) is 1. The van der Waals surface area contributed by atoms with Crippen LogP contribution in [0.4, 0.5) is 0 Å². The quantitative estimate of drug-likeness (QED) is 0.677. The Kier molecular flexibility index (Phi) is 5.39. The second kappa shape index (κ2) is 8.10. The van der Waals surface area contributed by atoms with Gasteiger partial charge in [-0.1, -0.05) is 36.4 Å². The maximum absolute atomic E-state index is 12.4. The predicted molar refractivity (Wildman–Crippen MR) is 110 cm³/mol. The smallest absolute Gasteiger partial charge is 0.306 e. The molecule has 1 saturated carbocycles. The zero-order chi connectivity index (χ0) is 19.5. The summed E-state index contributed by atoms with van der Waals surface area (Å²) in [4.78, 5) is 28.0. The van der Waals surface area contributed by atoms with Gasteiger partial charge in [-0.15, -0.1) is 11.3 Å². The van der Waals surface area contributed by atoms with E-state index < -0.39 is 5.97 Å². The number of rotatable bonds is 5. The molecule has 5 nitrogen and oxygen atoms in total. The molecular weight excluding hydrogens is 372 g/mol. The third-order valence-corrected chi connectivity index (χ3v) is 6.31. The summed E-state index contributed by atoms with van der Waals surface area (Å²) in [5, 5.41) is 12.9. The van der Waals surface area contributed by atoms with E-state index in [1.165, 1.54) is 0 Å². The third kappa shape index (κ3) is 4.22. The van der Waals surface area contributed by atoms with Crippen LogP contribution in [0.1, 0.15) is 30.7 Å². The minimum absolute atomic E-state index is 0.0406. The molecule has 2 N–H and O–H groups in total. The second-order valence-corrected chi connectivity index (χ2v) is 8.40. The molecule has 2 aromatic carbocycles. The number of aliphatic carboxylic acids is 1. The molecular formula is C22H22N2O3S. The van der Waals surface area contributed by atoms with E-state index in [1.807, 2.05) is 24.3 Å². The van der Waals surface area contributed by atoms with Gasteiger partial charge in [0.2, 0.25) is 5.91 Å². The van der Waals surface area contributed by atoms with Gasteiger partial charge in [0, 0.05) is 6.04 Å². The number of hydrogen-bond donors (Lipinski definition) is 2. The van der Waals surface area contributed by atoms with Crippen molar-refractivity contribution in [3.63, 3.8) is 0 Å². The monoisotopic (exact) mass is 394 g/mol. The first-order valence-corrected chi connectivity index (χ1v) is 10.4. The highest BCUT2D eigenvalue weighted by Gasteiger charge is 2.26. The molecule has 0 bridgehead atoms. The van der Waals surface area contributed by atoms with Gasteiger partial charge in [-0.2, -0.15) is 0 Å². The highest BCUT2D eigenvalue weighted by Crippen LogP contribution is 2.29. The predicted octanol–water partition coefficient (Wildman–Crippen LogP) is 4.27. The van der Waals surface area contributed by atoms with Crippen LogP contribution in [0.5, 0.6) is 0 Å². The molecule has 0 unspecified atom stereocenters. The fourth-order valence-corrected chi connectivity index (χ4v) is 4.76. The number of carbonyl (C=O) groups excluding carboxylic acids is 1. The molecule has 1 aliphatic carbocycles. The number of aromatic nitrogens is 1. The van der Waals surface area contributed by atoms with Crippen molar-refractivity contribution in [3.05, 3.63) is 53.5 Å². The van der Waals surface area contributed by atoms with Gasteiger partial charge in [0.1, 0.15) is 5.01 Å². The molecule has 3 aromatic rings. The number of fused-ring (bicyclic) bond motifs is 1. The first kappa shape index (κ1) is 18.6. The van der Waals surface area contributed by atoms with Gasteiger partial charge in [-0.05, 0) is 48.9 Å². The van der Waals surface area contributed by atoms with Crippen LogP contribution in [0.3, 0.4) is 0 Å². The fourth-order valence-electron chi connectivity index (χ4n) is 3.76. The van der Waals surface area contributed by atoms with Crippen molar-refractivity contribution >= 4 is 33.4 Å². The highest BCUT2D eigenvalue weighted by molar-refractivity contribution is 7.18. The first-order chi connectivity index (χ1) is 13.6. The molecule has 28 heavy (non-hydrogen) atoms. The van der Waals surface area contributed by atoms with Crippen molar-refractivity contribution in [2.75, 3.05) is 0 Å². The Balaban J connectivity index is 1.39. The molecule has 0 saturated heterocycles. The number of hydrogen-bond acceptors (Lipinski definition) is 4. The molecule has 0 aliphatic heterocycles. The summed E-state index contributed by atoms with van der Waals surface area (Å²) in [5.74, 6) is -1.04. The van der Waals surface area contributed by atoms with Crippen LogP contribution >= 0.6 is 11.3 Å². The summed E-state index contributed by atoms with van der Waals surface area (Å²) >= 11 is 1.55. The number of amides is 1. The van der Waals surface area contributed by atoms with E-state index in [-0.39, 0.29) is 24.3 Å². The number of carbonyl (C=O) groups is 2. The fraction of sp³-hybridized carbons (Fsp3) is 0.318. The number of thiazole rings is 1. The average molecular weight is 394 g/mol. The molecule has 0 radical (unpaired) electrons. The van der Waals surface area contributed by atoms with Crippen molar-refractivity contribution in [3.8, 4) is 11.1 Å². The molecule has 4 rings (SSSR count). The number of carboxylic acid groups (broad SMARTS) is 1. The van der Waals surface area contributed by atoms with Gasteiger partial charge in [-0.3, -0.25) is 9.59 Å². The topological polar surface area (TPSA) is 79.3 Å². The highest BCUT2D eigenvalue weighted by atomic mass is 32.1. The number of nitrogens with one attached hydrogen (secondary N) is 1. The second-order valence-electron chi connectivity index (χ2n) is 7.29. The van der Waals surface area contributed by atoms with E-state index in [4.69, 9.17) is 5.11 Å². The van der Waals surface area contributed by atoms with Gasteiger partial charge < -0.3 is 10.4 Å². The van der Waals surface area contributed by atoms with Crippen molar-refractivity contribution in [1.82, 2.24) is 10.3 Å². The SMILES string of the molecule is O=C(Cc1nc2ccc(-c3ccccc3)cc2s1)N[C@H]1CC[C@H](C(=O)O)CC1. The Morgan fingerprint density at radius 2 is 1.79 bits per heavy atom. The Hall–Kier alpha value is -2.73. The summed E-state index contributed by atoms with van der Waals surface area (Å²) < 4.78 is 1.08. The minimum Gasteiger partial charge on any atom is -0.481 e. The largest absolute Gasteiger partial charge is 0.481 e. The molecule has 0 atom stereocenters. The Morgan fingerprint density at radius 1 is 1.04 bits per heavy atom. The van der Waals surface area contributed by atoms with Gasteiger partial charge in [0.05, 0.1) is 22.6 Å². The van der Waals surface area contributed by atoms with Crippen molar-refractivity contribution in [2.45, 2.75) is 38.1 Å². The van der Waals surface area contributed by atoms with Crippen LogP contribution in [-0.4, -0.2) is 28.0 Å². The first-order valence-electron chi connectivity index (χ1n) is 9.55. The standard InChI is InChI=1S/C22H22N2O3S/c25-20(23-17-9-6-15(7-10-17)22(26)27)13-21-24-18-11-8-16(12-19(18)28-21)14-4-2-1-3-5-14/h1-5,8,11-12,15,17H,6-7,9-10,13H2,(H,23,25)(H,26,27)/t15-,17-. The van der Waals surface area contributed by atoms with E-state index >= 15 is 0 Å². The lowest BCUT2D eigenvalue weighted by atomic mass is 9.86. The van der Waals surface area contributed by atoms with Crippen LogP contribution < -0.4 is 5.32 Å². The lowest BCUT2D eigenvalue weighted by molar-refractivity contribution is -0.142. The van der Waals surface area contributed by atoms with Crippen LogP contribution in [0.25, 0.3) is 21.3 Å². The Labute approximate surface area is 167 Å². The van der Waals surface area contributed by atoms with Gasteiger partial charge in [0.15, 0.2) is 0 Å². The molecule has 1 amide bonds. The molecule has 0 spiro atoms. The lowest BCUT2D eigenvalue weighted by Crippen LogP contribution is -2.39. The number of benzene rings is 2. The molecule has 1 aromatic heterocycles. The van der Waals surface area contributed by atoms with E-state index in [2.05, 4.69) is 34.6 Å². The zero-order valence-electron chi connectivity index (χ0n) is 15.4. The summed E-state index contributed by atoms with van der Waals surface area (Å²) in [7, 11) is 0. The van der Waals surface area contributed by atoms with Gasteiger partial charge >= 0.3 is 5.97 Å². The Bertz CT molecular complexity index is 991. The average Bonchev–Trinajstić information content (AvgIpc) is 3.10. The molecule has 1 heterocycles. The van der Waals surface area contributed by atoms with E-state index in [1.54, 1.807) is 11.3 Å². The van der Waals surface area contributed by atoms with E-state index in [9.17, 15) is 9.59 Å². The summed E-state index contributed by atoms with van der Waals surface area (Å²) in [5.41, 5.74) is 3.21. The van der Waals surface area contributed by atoms with Crippen molar-refractivity contribution in [1.29, 1.82) is 0 Å².